The van der Waals surface area contributed by atoms with Gasteiger partial charge >= 0.3 is 0 Å². The van der Waals surface area contributed by atoms with Crippen molar-refractivity contribution in [2.75, 3.05) is 13.1 Å². The highest BCUT2D eigenvalue weighted by Crippen LogP contribution is 2.15. The quantitative estimate of drug-likeness (QED) is 0.705. The summed E-state index contributed by atoms with van der Waals surface area (Å²) < 4.78 is 1.88. The van der Waals surface area contributed by atoms with Gasteiger partial charge in [0, 0.05) is 13.5 Å². The van der Waals surface area contributed by atoms with E-state index in [2.05, 4.69) is 36.2 Å². The smallest absolute Gasteiger partial charge is 0.138 e. The first-order chi connectivity index (χ1) is 8.13. The summed E-state index contributed by atoms with van der Waals surface area (Å²) in [4.78, 5) is 4.32. The monoisotopic (exact) mass is 238 g/mol. The van der Waals surface area contributed by atoms with Crippen LogP contribution in [0, 0.1) is 11.8 Å². The SMILES string of the molecule is CCCNCC(Cc1ncnn1C)CC(C)C. The van der Waals surface area contributed by atoms with Crippen LogP contribution in [0.5, 0.6) is 0 Å². The first kappa shape index (κ1) is 14.2. The zero-order valence-corrected chi connectivity index (χ0v) is 11.6. The Morgan fingerprint density at radius 3 is 2.71 bits per heavy atom. The summed E-state index contributed by atoms with van der Waals surface area (Å²) >= 11 is 0. The molecule has 0 radical (unpaired) electrons. The number of aryl methyl sites for hydroxylation is 1. The number of aromatic nitrogens is 3. The predicted octanol–water partition coefficient (Wildman–Crippen LogP) is 2.02. The van der Waals surface area contributed by atoms with Gasteiger partial charge in [0.15, 0.2) is 0 Å². The zero-order valence-electron chi connectivity index (χ0n) is 11.6. The highest BCUT2D eigenvalue weighted by Gasteiger charge is 2.14. The lowest BCUT2D eigenvalue weighted by atomic mass is 9.93. The molecule has 0 spiro atoms. The average molecular weight is 238 g/mol. The molecule has 0 fully saturated rings. The van der Waals surface area contributed by atoms with Crippen LogP contribution in [0.3, 0.4) is 0 Å². The van der Waals surface area contributed by atoms with Crippen molar-refractivity contribution in [2.45, 2.75) is 40.0 Å². The molecule has 1 aromatic rings. The van der Waals surface area contributed by atoms with Crippen molar-refractivity contribution in [3.8, 4) is 0 Å². The van der Waals surface area contributed by atoms with Crippen molar-refractivity contribution in [1.29, 1.82) is 0 Å². The van der Waals surface area contributed by atoms with E-state index in [9.17, 15) is 0 Å². The minimum atomic E-state index is 0.657. The van der Waals surface area contributed by atoms with E-state index in [1.807, 2.05) is 11.7 Å². The van der Waals surface area contributed by atoms with Gasteiger partial charge < -0.3 is 5.32 Å². The van der Waals surface area contributed by atoms with Crippen LogP contribution in [0.1, 0.15) is 39.4 Å². The molecule has 0 aromatic carbocycles. The minimum absolute atomic E-state index is 0.657. The molecular weight excluding hydrogens is 212 g/mol. The van der Waals surface area contributed by atoms with Crippen molar-refractivity contribution in [3.05, 3.63) is 12.2 Å². The lowest BCUT2D eigenvalue weighted by molar-refractivity contribution is 0.375. The van der Waals surface area contributed by atoms with Gasteiger partial charge in [-0.15, -0.1) is 0 Å². The Balaban J connectivity index is 2.48. The van der Waals surface area contributed by atoms with E-state index in [0.717, 1.165) is 31.3 Å². The molecule has 0 amide bonds. The maximum Gasteiger partial charge on any atom is 0.138 e. The third-order valence-electron chi connectivity index (χ3n) is 2.94. The minimum Gasteiger partial charge on any atom is -0.316 e. The fourth-order valence-electron chi connectivity index (χ4n) is 2.15. The van der Waals surface area contributed by atoms with Crippen LogP contribution < -0.4 is 5.32 Å². The fraction of sp³-hybridized carbons (Fsp3) is 0.846. The molecule has 98 valence electrons. The van der Waals surface area contributed by atoms with Crippen LogP contribution in [0.2, 0.25) is 0 Å². The van der Waals surface area contributed by atoms with Crippen molar-refractivity contribution < 1.29 is 0 Å². The maximum absolute atomic E-state index is 4.32. The van der Waals surface area contributed by atoms with E-state index in [1.54, 1.807) is 6.33 Å². The molecule has 0 aliphatic rings. The number of hydrogen-bond acceptors (Lipinski definition) is 3. The van der Waals surface area contributed by atoms with Crippen molar-refractivity contribution in [2.24, 2.45) is 18.9 Å². The summed E-state index contributed by atoms with van der Waals surface area (Å²) in [5.74, 6) is 2.48. The van der Waals surface area contributed by atoms with Gasteiger partial charge in [-0.25, -0.2) is 4.98 Å². The van der Waals surface area contributed by atoms with Gasteiger partial charge in [0.05, 0.1) is 0 Å². The van der Waals surface area contributed by atoms with Gasteiger partial charge in [-0.2, -0.15) is 5.10 Å². The summed E-state index contributed by atoms with van der Waals surface area (Å²) in [5.41, 5.74) is 0. The summed E-state index contributed by atoms with van der Waals surface area (Å²) in [6.45, 7) is 8.95. The normalized spacial score (nSPS) is 13.2. The Bertz CT molecular complexity index is 306. The highest BCUT2D eigenvalue weighted by atomic mass is 15.3. The average Bonchev–Trinajstić information content (AvgIpc) is 2.64. The second-order valence-corrected chi connectivity index (χ2v) is 5.20. The second kappa shape index (κ2) is 7.43. The molecule has 1 heterocycles. The van der Waals surface area contributed by atoms with E-state index < -0.39 is 0 Å². The molecule has 0 aliphatic heterocycles. The van der Waals surface area contributed by atoms with Crippen LogP contribution in [0.25, 0.3) is 0 Å². The fourth-order valence-corrected chi connectivity index (χ4v) is 2.15. The third-order valence-corrected chi connectivity index (χ3v) is 2.94. The molecule has 17 heavy (non-hydrogen) atoms. The molecule has 4 heteroatoms. The van der Waals surface area contributed by atoms with Gasteiger partial charge in [0.2, 0.25) is 0 Å². The molecule has 0 bridgehead atoms. The van der Waals surface area contributed by atoms with Gasteiger partial charge in [-0.3, -0.25) is 4.68 Å². The first-order valence-electron chi connectivity index (χ1n) is 6.67. The number of hydrogen-bond donors (Lipinski definition) is 1. The molecule has 1 unspecified atom stereocenters. The molecule has 1 aromatic heterocycles. The molecule has 1 N–H and O–H groups in total. The standard InChI is InChI=1S/C13H26N4/c1-5-6-14-9-12(7-11(2)3)8-13-15-10-16-17(13)4/h10-12,14H,5-9H2,1-4H3. The van der Waals surface area contributed by atoms with Gasteiger partial charge in [-0.05, 0) is 37.8 Å². The van der Waals surface area contributed by atoms with Crippen molar-refractivity contribution in [3.63, 3.8) is 0 Å². The zero-order chi connectivity index (χ0) is 12.7. The van der Waals surface area contributed by atoms with E-state index >= 15 is 0 Å². The molecule has 1 atom stereocenters. The molecule has 1 rings (SSSR count). The predicted molar refractivity (Wildman–Crippen MR) is 70.8 cm³/mol. The topological polar surface area (TPSA) is 42.7 Å². The Kier molecular flexibility index (Phi) is 6.19. The third kappa shape index (κ3) is 5.31. The van der Waals surface area contributed by atoms with Crippen LogP contribution in [0.4, 0.5) is 0 Å². The molecular formula is C13H26N4. The lowest BCUT2D eigenvalue weighted by Gasteiger charge is -2.19. The van der Waals surface area contributed by atoms with Gasteiger partial charge in [-0.1, -0.05) is 20.8 Å². The van der Waals surface area contributed by atoms with E-state index in [0.29, 0.717) is 5.92 Å². The number of rotatable bonds is 8. The Morgan fingerprint density at radius 2 is 2.18 bits per heavy atom. The Hall–Kier alpha value is -0.900. The van der Waals surface area contributed by atoms with Gasteiger partial charge in [0.1, 0.15) is 12.2 Å². The summed E-state index contributed by atoms with van der Waals surface area (Å²) in [5, 5.41) is 7.65. The maximum atomic E-state index is 4.32. The van der Waals surface area contributed by atoms with Crippen LogP contribution >= 0.6 is 0 Å². The number of nitrogens with zero attached hydrogens (tertiary/aromatic N) is 3. The van der Waals surface area contributed by atoms with Crippen LogP contribution in [0.15, 0.2) is 6.33 Å². The number of nitrogens with one attached hydrogen (secondary N) is 1. The molecule has 0 saturated carbocycles. The summed E-state index contributed by atoms with van der Waals surface area (Å²) in [7, 11) is 1.97. The van der Waals surface area contributed by atoms with E-state index in [1.165, 1.54) is 12.8 Å². The lowest BCUT2D eigenvalue weighted by Crippen LogP contribution is -2.27. The summed E-state index contributed by atoms with van der Waals surface area (Å²) in [6.07, 6.45) is 5.09. The largest absolute Gasteiger partial charge is 0.316 e. The summed E-state index contributed by atoms with van der Waals surface area (Å²) in [6, 6.07) is 0. The van der Waals surface area contributed by atoms with Crippen LogP contribution in [-0.2, 0) is 13.5 Å². The second-order valence-electron chi connectivity index (χ2n) is 5.20. The molecule has 0 aliphatic carbocycles. The van der Waals surface area contributed by atoms with Crippen molar-refractivity contribution in [1.82, 2.24) is 20.1 Å². The van der Waals surface area contributed by atoms with Crippen molar-refractivity contribution >= 4 is 0 Å². The van der Waals surface area contributed by atoms with Gasteiger partial charge in [0.25, 0.3) is 0 Å². The van der Waals surface area contributed by atoms with E-state index in [-0.39, 0.29) is 0 Å². The molecule has 0 saturated heterocycles. The van der Waals surface area contributed by atoms with Crippen LogP contribution in [-0.4, -0.2) is 27.9 Å². The first-order valence-corrected chi connectivity index (χ1v) is 6.67. The highest BCUT2D eigenvalue weighted by molar-refractivity contribution is 4.87. The Morgan fingerprint density at radius 1 is 1.41 bits per heavy atom. The Labute approximate surface area is 105 Å². The molecule has 4 nitrogen and oxygen atoms in total. The van der Waals surface area contributed by atoms with E-state index in [4.69, 9.17) is 0 Å².